The minimum absolute atomic E-state index is 0.874. The van der Waals surface area contributed by atoms with Gasteiger partial charge in [-0.2, -0.15) is 0 Å². The molecule has 0 saturated carbocycles. The Morgan fingerprint density at radius 3 is 0.733 bits per heavy atom. The van der Waals surface area contributed by atoms with Crippen LogP contribution in [0.5, 0.6) is 0 Å². The Bertz CT molecular complexity index is 2670. The van der Waals surface area contributed by atoms with Crippen LogP contribution in [0.3, 0.4) is 0 Å². The average Bonchev–Trinajstić information content (AvgIpc) is 4.16. The van der Waals surface area contributed by atoms with Crippen molar-refractivity contribution in [1.29, 1.82) is 0 Å². The topological polar surface area (TPSA) is 81.0 Å². The molecule has 0 fully saturated rings. The fraction of sp³-hybridized carbons (Fsp3) is 0. The summed E-state index contributed by atoms with van der Waals surface area (Å²) < 4.78 is 0. The lowest BCUT2D eigenvalue weighted by atomic mass is 10.0. The largest absolute Gasteiger partial charge is 0.354 e. The highest BCUT2D eigenvalue weighted by atomic mass is 32.2. The van der Waals surface area contributed by atoms with Crippen molar-refractivity contribution in [1.82, 2.24) is 9.97 Å². The molecule has 0 radical (unpaired) electrons. The predicted octanol–water partition coefficient (Wildman–Crippen LogP) is 12.4. The van der Waals surface area contributed by atoms with Crippen molar-refractivity contribution in [3.63, 3.8) is 0 Å². The summed E-state index contributed by atoms with van der Waals surface area (Å²) in [5, 5.41) is 3.50. The summed E-state index contributed by atoms with van der Waals surface area (Å²) in [6.45, 7) is 0. The molecule has 0 unspecified atom stereocenters. The molecule has 6 aromatic rings. The van der Waals surface area contributed by atoms with Gasteiger partial charge in [0.2, 0.25) is 0 Å². The number of aromatic amines is 2. The van der Waals surface area contributed by atoms with Gasteiger partial charge in [-0.15, -0.1) is 0 Å². The van der Waals surface area contributed by atoms with Gasteiger partial charge >= 0.3 is 0 Å². The van der Waals surface area contributed by atoms with Gasteiger partial charge < -0.3 is 9.97 Å². The first-order chi connectivity index (χ1) is 29.7. The van der Waals surface area contributed by atoms with Gasteiger partial charge in [0.25, 0.3) is 0 Å². The third-order valence-corrected chi connectivity index (χ3v) is 12.3. The van der Waals surface area contributed by atoms with E-state index in [1.807, 2.05) is 24.3 Å². The molecule has 6 nitrogen and oxygen atoms in total. The maximum Gasteiger partial charge on any atom is 0.103 e. The van der Waals surface area contributed by atoms with Crippen LogP contribution in [0.1, 0.15) is 45.0 Å². The van der Waals surface area contributed by atoms with Gasteiger partial charge in [-0.3, -0.25) is 0 Å². The third kappa shape index (κ3) is 6.91. The molecule has 0 saturated heterocycles. The number of nitrogens with one attached hydrogen (secondary N) is 2. The number of benzene rings is 4. The molecule has 7 heterocycles. The molecular weight excluding hydrogens is 773 g/mol. The average molecular weight is 807 g/mol. The second kappa shape index (κ2) is 15.5. The molecule has 0 aliphatic carbocycles. The quantitative estimate of drug-likeness (QED) is 0.186. The molecule has 8 heteroatoms. The summed E-state index contributed by atoms with van der Waals surface area (Å²) in [7, 11) is 0. The van der Waals surface area contributed by atoms with Gasteiger partial charge in [0, 0.05) is 45.1 Å². The Balaban J connectivity index is 1.11. The second-order valence-corrected chi connectivity index (χ2v) is 16.5. The Kier molecular flexibility index (Phi) is 9.26. The number of aromatic nitrogens is 2. The highest BCUT2D eigenvalue weighted by molar-refractivity contribution is 8.27. The molecule has 5 aliphatic rings. The number of hydrogen-bond donors (Lipinski definition) is 2. The fourth-order valence-electron chi connectivity index (χ4n) is 7.93. The molecule has 0 amide bonds. The van der Waals surface area contributed by atoms with Gasteiger partial charge in [-0.1, -0.05) is 145 Å². The van der Waals surface area contributed by atoms with Gasteiger partial charge in [0.05, 0.1) is 22.8 Å². The number of fused-ring (bicyclic) bond motifs is 8. The van der Waals surface area contributed by atoms with E-state index in [9.17, 15) is 0 Å². The molecule has 2 N–H and O–H groups in total. The molecule has 284 valence electrons. The van der Waals surface area contributed by atoms with Crippen LogP contribution in [0, 0.1) is 0 Å². The summed E-state index contributed by atoms with van der Waals surface area (Å²) in [6.07, 6.45) is 16.7. The molecule has 11 rings (SSSR count). The maximum absolute atomic E-state index is 5.21. The van der Waals surface area contributed by atoms with E-state index in [4.69, 9.17) is 20.0 Å². The zero-order valence-corrected chi connectivity index (χ0v) is 33.7. The molecule has 12 bridgehead atoms. The van der Waals surface area contributed by atoms with Crippen molar-refractivity contribution in [3.8, 4) is 0 Å². The summed E-state index contributed by atoms with van der Waals surface area (Å²) >= 11 is 3.13. The van der Waals surface area contributed by atoms with E-state index in [-0.39, 0.29) is 0 Å². The van der Waals surface area contributed by atoms with Crippen molar-refractivity contribution in [3.05, 3.63) is 262 Å². The van der Waals surface area contributed by atoms with Crippen LogP contribution in [-0.2, 0) is 0 Å². The van der Waals surface area contributed by atoms with Crippen LogP contribution in [0.15, 0.2) is 237 Å². The lowest BCUT2D eigenvalue weighted by Gasteiger charge is -2.11. The number of allylic oxidation sites excluding steroid dienone is 4. The summed E-state index contributed by atoms with van der Waals surface area (Å²) in [6, 6.07) is 50.4. The number of hydrogen-bond acceptors (Lipinski definition) is 6. The first kappa shape index (κ1) is 35.9. The van der Waals surface area contributed by atoms with Gasteiger partial charge in [-0.25, -0.2) is 20.0 Å². The number of thioether (sulfide) groups is 2. The number of H-pyrrole nitrogens is 2. The Morgan fingerprint density at radius 1 is 0.267 bits per heavy atom. The van der Waals surface area contributed by atoms with Crippen molar-refractivity contribution in [2.75, 3.05) is 0 Å². The number of aliphatic imine (C=N–C) groups is 4. The summed E-state index contributed by atoms with van der Waals surface area (Å²) in [4.78, 5) is 28.4. The van der Waals surface area contributed by atoms with E-state index in [0.29, 0.717) is 0 Å². The molecular formula is C52H34N6S2. The van der Waals surface area contributed by atoms with Crippen LogP contribution in [-0.4, -0.2) is 30.1 Å². The van der Waals surface area contributed by atoms with Crippen molar-refractivity contribution < 1.29 is 0 Å². The minimum Gasteiger partial charge on any atom is -0.354 e. The van der Waals surface area contributed by atoms with E-state index in [2.05, 4.69) is 180 Å². The fourth-order valence-corrected chi connectivity index (χ4v) is 9.48. The minimum atomic E-state index is 0.874. The SMILES string of the molecule is C1=CC2=C(c3ccccc3)c3ccc([nH]3)C(c3ccccc3)=C3C=CC(=N3)SC3=NC(=C(c4ccccc4)c4ccc([nH]4)C(c4ccccc4)=C4C=CC(=N4)SC1=N2)C=C3. The standard InChI is InChI=1S/C52H34N6S2/c1-5-13-33(14-6-1)49-37-21-22-38(53-37)50(34-15-7-2-8-16-34)42-26-31-47(56-42)60-48-32-28-44(58-48)52(36-19-11-4-12-20-36)40-24-23-39(54-40)51(35-17-9-3-10-18-35)43-27-30-46(57-43)59-45-29-25-41(49)55-45/h1-32,53-54H. The van der Waals surface area contributed by atoms with Gasteiger partial charge in [0.1, 0.15) is 20.2 Å². The second-order valence-electron chi connectivity index (χ2n) is 14.4. The first-order valence-electron chi connectivity index (χ1n) is 19.7. The molecule has 2 aromatic heterocycles. The molecule has 60 heavy (non-hydrogen) atoms. The molecule has 0 atom stereocenters. The Labute approximate surface area is 356 Å². The third-order valence-electron chi connectivity index (χ3n) is 10.6. The van der Waals surface area contributed by atoms with E-state index in [1.165, 1.54) is 0 Å². The lowest BCUT2D eigenvalue weighted by molar-refractivity contribution is 1.27. The number of rotatable bonds is 4. The monoisotopic (exact) mass is 806 g/mol. The van der Waals surface area contributed by atoms with Gasteiger partial charge in [0.15, 0.2) is 0 Å². The highest BCUT2D eigenvalue weighted by Gasteiger charge is 2.24. The van der Waals surface area contributed by atoms with E-state index in [1.54, 1.807) is 23.5 Å². The predicted molar refractivity (Wildman–Crippen MR) is 253 cm³/mol. The van der Waals surface area contributed by atoms with Crippen molar-refractivity contribution in [2.24, 2.45) is 20.0 Å². The van der Waals surface area contributed by atoms with Crippen LogP contribution in [0.4, 0.5) is 0 Å². The Hall–Kier alpha value is -7.26. The summed E-state index contributed by atoms with van der Waals surface area (Å²) in [5.74, 6) is 0. The molecule has 5 aliphatic heterocycles. The zero-order valence-electron chi connectivity index (χ0n) is 32.1. The number of nitrogens with zero attached hydrogens (tertiary/aromatic N) is 4. The van der Waals surface area contributed by atoms with E-state index in [0.717, 1.165) is 110 Å². The van der Waals surface area contributed by atoms with E-state index >= 15 is 0 Å². The van der Waals surface area contributed by atoms with Crippen LogP contribution in [0.25, 0.3) is 22.3 Å². The van der Waals surface area contributed by atoms with Crippen molar-refractivity contribution in [2.45, 2.75) is 0 Å². The molecule has 4 aromatic carbocycles. The van der Waals surface area contributed by atoms with Crippen LogP contribution < -0.4 is 0 Å². The van der Waals surface area contributed by atoms with Crippen LogP contribution in [0.2, 0.25) is 0 Å². The van der Waals surface area contributed by atoms with Gasteiger partial charge in [-0.05, 0) is 95.1 Å². The normalized spacial score (nSPS) is 17.1. The van der Waals surface area contributed by atoms with Crippen LogP contribution >= 0.6 is 23.5 Å². The zero-order chi connectivity index (χ0) is 39.8. The van der Waals surface area contributed by atoms with Crippen molar-refractivity contribution >= 4 is 66.0 Å². The smallest absolute Gasteiger partial charge is 0.103 e. The Morgan fingerprint density at radius 2 is 0.500 bits per heavy atom. The lowest BCUT2D eigenvalue weighted by Crippen LogP contribution is -1.96. The molecule has 0 spiro atoms. The van der Waals surface area contributed by atoms with E-state index < -0.39 is 0 Å². The first-order valence-corrected chi connectivity index (χ1v) is 21.3. The maximum atomic E-state index is 5.21. The summed E-state index contributed by atoms with van der Waals surface area (Å²) in [5.41, 5.74) is 15.8. The highest BCUT2D eigenvalue weighted by Crippen LogP contribution is 2.39.